The van der Waals surface area contributed by atoms with Crippen LogP contribution in [0.2, 0.25) is 0 Å². The Morgan fingerprint density at radius 1 is 1.16 bits per heavy atom. The fourth-order valence-corrected chi connectivity index (χ4v) is 7.85. The number of imidazole rings is 1. The van der Waals surface area contributed by atoms with Gasteiger partial charge in [-0.15, -0.1) is 0 Å². The van der Waals surface area contributed by atoms with E-state index in [1.807, 2.05) is 36.2 Å². The first-order valence-corrected chi connectivity index (χ1v) is 15.4. The number of benzene rings is 1. The first-order valence-electron chi connectivity index (χ1n) is 14.0. The van der Waals surface area contributed by atoms with Crippen molar-refractivity contribution in [1.82, 2.24) is 24.0 Å². The van der Waals surface area contributed by atoms with Gasteiger partial charge in [0.1, 0.15) is 16.9 Å². The van der Waals surface area contributed by atoms with Gasteiger partial charge in [-0.05, 0) is 85.9 Å². The Labute approximate surface area is 226 Å². The lowest BCUT2D eigenvalue weighted by atomic mass is 9.53. The number of pyridine rings is 1. The molecule has 0 radical (unpaired) electrons. The molecule has 3 aliphatic carbocycles. The maximum atomic E-state index is 13.8. The number of likely N-dealkylation sites (tertiary alicyclic amines) is 1. The van der Waals surface area contributed by atoms with Gasteiger partial charge in [-0.1, -0.05) is 0 Å². The number of carbonyl (C=O) groups excluding carboxylic acids is 1. The van der Waals surface area contributed by atoms with E-state index in [1.54, 1.807) is 7.11 Å². The molecule has 7 nitrogen and oxygen atoms in total. The summed E-state index contributed by atoms with van der Waals surface area (Å²) < 4.78 is 10.6. The highest BCUT2D eigenvalue weighted by molar-refractivity contribution is 7.98. The van der Waals surface area contributed by atoms with Crippen LogP contribution in [0.15, 0.2) is 36.5 Å². The molecule has 8 heteroatoms. The van der Waals surface area contributed by atoms with Gasteiger partial charge in [0.2, 0.25) is 0 Å². The van der Waals surface area contributed by atoms with Crippen LogP contribution in [0.5, 0.6) is 5.75 Å². The van der Waals surface area contributed by atoms with Gasteiger partial charge in [-0.3, -0.25) is 4.79 Å². The molecule has 38 heavy (non-hydrogen) atoms. The normalized spacial score (nSPS) is 25.5. The molecule has 4 fully saturated rings. The molecule has 1 amide bonds. The van der Waals surface area contributed by atoms with E-state index in [-0.39, 0.29) is 5.91 Å². The van der Waals surface area contributed by atoms with Crippen LogP contribution < -0.4 is 4.74 Å². The summed E-state index contributed by atoms with van der Waals surface area (Å²) in [6, 6.07) is 10.8. The predicted octanol–water partition coefficient (Wildman–Crippen LogP) is 5.32. The van der Waals surface area contributed by atoms with E-state index in [0.29, 0.717) is 23.4 Å². The zero-order valence-electron chi connectivity index (χ0n) is 22.0. The first kappa shape index (κ1) is 22.9. The summed E-state index contributed by atoms with van der Waals surface area (Å²) in [5.41, 5.74) is 4.60. The molecule has 4 aliphatic rings. The van der Waals surface area contributed by atoms with E-state index in [0.717, 1.165) is 76.6 Å². The van der Waals surface area contributed by atoms with Gasteiger partial charge in [0.15, 0.2) is 5.82 Å². The van der Waals surface area contributed by atoms with Gasteiger partial charge in [0.25, 0.3) is 5.91 Å². The fourth-order valence-electron chi connectivity index (χ4n) is 7.48. The maximum absolute atomic E-state index is 13.8. The first-order chi connectivity index (χ1) is 18.6. The molecule has 1 aromatic carbocycles. The van der Waals surface area contributed by atoms with Crippen LogP contribution in [-0.2, 0) is 13.1 Å². The number of hydrogen-bond acceptors (Lipinski definition) is 5. The van der Waals surface area contributed by atoms with Crippen molar-refractivity contribution in [3.8, 4) is 17.3 Å². The summed E-state index contributed by atoms with van der Waals surface area (Å²) in [5.74, 6) is 5.79. The maximum Gasteiger partial charge on any atom is 0.254 e. The summed E-state index contributed by atoms with van der Waals surface area (Å²) in [6.07, 6.45) is 9.04. The van der Waals surface area contributed by atoms with Gasteiger partial charge in [0, 0.05) is 48.6 Å². The van der Waals surface area contributed by atoms with E-state index in [1.165, 1.54) is 25.7 Å². The monoisotopic (exact) mass is 527 g/mol. The third-order valence-corrected chi connectivity index (χ3v) is 10.2. The Bertz CT molecular complexity index is 1590. The fraction of sp³-hybridized carbons (Fsp3) is 0.500. The van der Waals surface area contributed by atoms with Crippen molar-refractivity contribution < 1.29 is 9.53 Å². The number of fused-ring (bicyclic) bond motifs is 2. The molecule has 4 atom stereocenters. The zero-order valence-corrected chi connectivity index (χ0v) is 22.8. The Morgan fingerprint density at radius 2 is 2.05 bits per heavy atom. The quantitative estimate of drug-likeness (QED) is 0.311. The highest BCUT2D eigenvalue weighted by Gasteiger charge is 2.61. The van der Waals surface area contributed by atoms with E-state index in [4.69, 9.17) is 14.7 Å². The van der Waals surface area contributed by atoms with E-state index < -0.39 is 0 Å². The van der Waals surface area contributed by atoms with Gasteiger partial charge >= 0.3 is 0 Å². The molecule has 8 rings (SSSR count). The predicted molar refractivity (Wildman–Crippen MR) is 151 cm³/mol. The number of aromatic nitrogens is 4. The van der Waals surface area contributed by atoms with E-state index in [2.05, 4.69) is 32.4 Å². The molecule has 0 bridgehead atoms. The summed E-state index contributed by atoms with van der Waals surface area (Å²) in [6.45, 7) is 2.68. The average molecular weight is 528 g/mol. The van der Waals surface area contributed by atoms with Crippen molar-refractivity contribution in [3.63, 3.8) is 0 Å². The Hall–Kier alpha value is -3.00. The number of ether oxygens (including phenoxy) is 1. The molecule has 1 unspecified atom stereocenters. The lowest BCUT2D eigenvalue weighted by molar-refractivity contribution is -0.0204. The molecular weight excluding hydrogens is 494 g/mol. The Balaban J connectivity index is 1.27. The Kier molecular flexibility index (Phi) is 5.13. The molecule has 4 aromatic rings. The van der Waals surface area contributed by atoms with Gasteiger partial charge in [-0.2, -0.15) is 11.8 Å². The number of thioether (sulfide) groups is 1. The molecule has 0 spiro atoms. The summed E-state index contributed by atoms with van der Waals surface area (Å²) >= 11 is 1.82. The minimum Gasteiger partial charge on any atom is -0.494 e. The summed E-state index contributed by atoms with van der Waals surface area (Å²) in [5, 5.41) is 1.14. The second-order valence-corrected chi connectivity index (χ2v) is 12.7. The molecular formula is C30H33N5O2S. The number of rotatable bonds is 8. The van der Waals surface area contributed by atoms with E-state index in [9.17, 15) is 4.79 Å². The van der Waals surface area contributed by atoms with Crippen LogP contribution in [0.3, 0.4) is 0 Å². The van der Waals surface area contributed by atoms with Crippen LogP contribution in [0.1, 0.15) is 36.0 Å². The second kappa shape index (κ2) is 8.50. The van der Waals surface area contributed by atoms with Crippen molar-refractivity contribution >= 4 is 39.7 Å². The van der Waals surface area contributed by atoms with Gasteiger partial charge in [0.05, 0.1) is 18.3 Å². The number of amides is 1. The van der Waals surface area contributed by atoms with Crippen molar-refractivity contribution in [2.75, 3.05) is 25.7 Å². The SMILES string of the molecule is COc1cc(C(=O)N2C[C@H]3CC4C[C@@H]2[C@H]43)cc2nc(-c3cc4cccnc4n3CC3CC3)n(CCSC)c12. The molecule has 0 N–H and O–H groups in total. The standard InChI is InChI=1S/C30H33N5O2S/c1-37-25-14-20(30(36)35-16-21-10-19-13-23(35)26(19)21)11-22-27(25)33(8-9-38-2)29(32-22)24-12-18-4-3-7-31-28(18)34(24)15-17-5-6-17/h3-4,7,11-12,14,17,19,21,23,26H,5-6,8-10,13,15-16H2,1-2H3/t19?,21-,23-,26-/m1/s1. The van der Waals surface area contributed by atoms with Gasteiger partial charge in [-0.25, -0.2) is 9.97 Å². The molecule has 1 aliphatic heterocycles. The van der Waals surface area contributed by atoms with Crippen LogP contribution in [0.4, 0.5) is 0 Å². The number of nitrogens with zero attached hydrogens (tertiary/aromatic N) is 5. The highest BCUT2D eigenvalue weighted by Crippen LogP contribution is 2.60. The summed E-state index contributed by atoms with van der Waals surface area (Å²) in [4.78, 5) is 25.9. The number of aryl methyl sites for hydroxylation is 1. The van der Waals surface area contributed by atoms with Crippen LogP contribution in [-0.4, -0.2) is 61.6 Å². The number of methoxy groups -OCH3 is 1. The molecule has 196 valence electrons. The molecule has 3 saturated carbocycles. The Morgan fingerprint density at radius 3 is 2.82 bits per heavy atom. The average Bonchev–Trinajstić information content (AvgIpc) is 3.57. The largest absolute Gasteiger partial charge is 0.494 e. The topological polar surface area (TPSA) is 65.2 Å². The van der Waals surface area contributed by atoms with Crippen LogP contribution in [0, 0.1) is 23.7 Å². The van der Waals surface area contributed by atoms with Crippen molar-refractivity contribution in [2.24, 2.45) is 23.7 Å². The van der Waals surface area contributed by atoms with Crippen molar-refractivity contribution in [3.05, 3.63) is 42.1 Å². The third-order valence-electron chi connectivity index (χ3n) is 9.59. The van der Waals surface area contributed by atoms with Crippen LogP contribution in [0.25, 0.3) is 33.6 Å². The van der Waals surface area contributed by atoms with E-state index >= 15 is 0 Å². The number of carbonyl (C=O) groups is 1. The highest BCUT2D eigenvalue weighted by atomic mass is 32.2. The number of hydrogen-bond donors (Lipinski definition) is 0. The lowest BCUT2D eigenvalue weighted by Gasteiger charge is -2.52. The zero-order chi connectivity index (χ0) is 25.5. The summed E-state index contributed by atoms with van der Waals surface area (Å²) in [7, 11) is 1.70. The molecule has 3 aromatic heterocycles. The lowest BCUT2D eigenvalue weighted by Crippen LogP contribution is -2.53. The minimum atomic E-state index is 0.135. The third kappa shape index (κ3) is 3.31. The smallest absolute Gasteiger partial charge is 0.254 e. The second-order valence-electron chi connectivity index (χ2n) is 11.7. The van der Waals surface area contributed by atoms with Gasteiger partial charge < -0.3 is 18.8 Å². The minimum absolute atomic E-state index is 0.135. The molecule has 4 heterocycles. The van der Waals surface area contributed by atoms with Crippen molar-refractivity contribution in [2.45, 2.75) is 44.8 Å². The van der Waals surface area contributed by atoms with Crippen LogP contribution >= 0.6 is 11.8 Å². The van der Waals surface area contributed by atoms with Crippen molar-refractivity contribution in [1.29, 1.82) is 0 Å². The molecule has 1 saturated heterocycles.